The number of aromatic amines is 1. The third-order valence-electron chi connectivity index (χ3n) is 8.44. The second-order valence-corrected chi connectivity index (χ2v) is 11.6. The minimum absolute atomic E-state index is 0.0221. The Bertz CT molecular complexity index is 1460. The smallest absolute Gasteiger partial charge is 0.270 e. The zero-order valence-corrected chi connectivity index (χ0v) is 22.2. The number of hydrogen-bond acceptors (Lipinski definition) is 4. The molecule has 9 heteroatoms. The molecule has 8 nitrogen and oxygen atoms in total. The van der Waals surface area contributed by atoms with Crippen LogP contribution in [0.25, 0.3) is 0 Å². The van der Waals surface area contributed by atoms with Crippen molar-refractivity contribution in [1.29, 1.82) is 0 Å². The predicted octanol–water partition coefficient (Wildman–Crippen LogP) is 4.54. The molecule has 3 aromatic rings. The predicted molar refractivity (Wildman–Crippen MR) is 145 cm³/mol. The van der Waals surface area contributed by atoms with Crippen LogP contribution in [0.4, 0.5) is 10.1 Å². The van der Waals surface area contributed by atoms with Gasteiger partial charge in [-0.1, -0.05) is 6.07 Å². The van der Waals surface area contributed by atoms with Crippen molar-refractivity contribution in [3.63, 3.8) is 0 Å². The van der Waals surface area contributed by atoms with Crippen LogP contribution in [-0.2, 0) is 11.2 Å². The highest BCUT2D eigenvalue weighted by Gasteiger charge is 2.48. The molecule has 1 aromatic carbocycles. The van der Waals surface area contributed by atoms with E-state index in [0.717, 1.165) is 49.4 Å². The summed E-state index contributed by atoms with van der Waals surface area (Å²) in [6.45, 7) is 3.93. The fraction of sp³-hybridized carbons (Fsp3) is 0.467. The highest BCUT2D eigenvalue weighted by molar-refractivity contribution is 6.01. The Morgan fingerprint density at radius 3 is 2.49 bits per heavy atom. The van der Waals surface area contributed by atoms with Gasteiger partial charge in [-0.2, -0.15) is 5.10 Å². The molecule has 2 atom stereocenters. The number of aryl methyl sites for hydroxylation is 1. The van der Waals surface area contributed by atoms with E-state index in [-0.39, 0.29) is 35.3 Å². The van der Waals surface area contributed by atoms with Crippen LogP contribution >= 0.6 is 0 Å². The number of fused-ring (bicyclic) bond motifs is 1. The van der Waals surface area contributed by atoms with Crippen LogP contribution in [0.3, 0.4) is 0 Å². The second kappa shape index (κ2) is 10.1. The lowest BCUT2D eigenvalue weighted by atomic mass is 9.88. The molecule has 2 heterocycles. The van der Waals surface area contributed by atoms with Crippen LogP contribution in [0.5, 0.6) is 0 Å². The van der Waals surface area contributed by atoms with Crippen molar-refractivity contribution in [2.24, 2.45) is 17.8 Å². The molecule has 39 heavy (non-hydrogen) atoms. The summed E-state index contributed by atoms with van der Waals surface area (Å²) in [6, 6.07) is 8.07. The van der Waals surface area contributed by atoms with Gasteiger partial charge in [0.1, 0.15) is 17.6 Å². The molecule has 2 amide bonds. The zero-order valence-electron chi connectivity index (χ0n) is 22.2. The first-order valence-corrected chi connectivity index (χ1v) is 14.0. The largest absolute Gasteiger partial charge is 0.339 e. The fourth-order valence-electron chi connectivity index (χ4n) is 6.32. The van der Waals surface area contributed by atoms with E-state index in [1.165, 1.54) is 6.07 Å². The minimum Gasteiger partial charge on any atom is -0.339 e. The lowest BCUT2D eigenvalue weighted by molar-refractivity contribution is -0.119. The maximum absolute atomic E-state index is 13.8. The highest BCUT2D eigenvalue weighted by Crippen LogP contribution is 2.51. The van der Waals surface area contributed by atoms with Gasteiger partial charge in [0, 0.05) is 35.6 Å². The van der Waals surface area contributed by atoms with Gasteiger partial charge in [0.25, 0.3) is 11.5 Å². The highest BCUT2D eigenvalue weighted by atomic mass is 19.1. The van der Waals surface area contributed by atoms with E-state index in [4.69, 9.17) is 0 Å². The minimum atomic E-state index is -0.639. The van der Waals surface area contributed by atoms with Gasteiger partial charge in [0.2, 0.25) is 5.91 Å². The summed E-state index contributed by atoms with van der Waals surface area (Å²) in [7, 11) is 0. The number of H-pyrrole nitrogens is 1. The molecule has 2 aromatic heterocycles. The van der Waals surface area contributed by atoms with Gasteiger partial charge in [-0.15, -0.1) is 0 Å². The Labute approximate surface area is 226 Å². The maximum Gasteiger partial charge on any atom is 0.270 e. The molecule has 3 N–H and O–H groups in total. The zero-order chi connectivity index (χ0) is 27.3. The number of hydrogen-bond donors (Lipinski definition) is 3. The Morgan fingerprint density at radius 2 is 1.79 bits per heavy atom. The van der Waals surface area contributed by atoms with Crippen LogP contribution < -0.4 is 16.2 Å². The SMILES string of the molecule is CC(C)n1nccc1C(=O)N[C@H](C(=O)Nc1ccc2c(c1)CCC2c1cc(F)c[nH]c1=O)C(C1CC1)C1CC1. The second-order valence-electron chi connectivity index (χ2n) is 11.6. The van der Waals surface area contributed by atoms with E-state index < -0.39 is 11.9 Å². The molecule has 0 radical (unpaired) electrons. The summed E-state index contributed by atoms with van der Waals surface area (Å²) in [5, 5.41) is 10.4. The number of aromatic nitrogens is 3. The van der Waals surface area contributed by atoms with Crippen molar-refractivity contribution in [1.82, 2.24) is 20.1 Å². The van der Waals surface area contributed by atoms with E-state index in [1.807, 2.05) is 32.0 Å². The Balaban J connectivity index is 1.23. The van der Waals surface area contributed by atoms with E-state index >= 15 is 0 Å². The third-order valence-corrected chi connectivity index (χ3v) is 8.44. The number of pyridine rings is 1. The van der Waals surface area contributed by atoms with Crippen LogP contribution in [0, 0.1) is 23.6 Å². The van der Waals surface area contributed by atoms with Gasteiger partial charge in [-0.3, -0.25) is 19.1 Å². The van der Waals surface area contributed by atoms with Crippen molar-refractivity contribution in [3.05, 3.63) is 81.3 Å². The molecule has 2 fully saturated rings. The van der Waals surface area contributed by atoms with Crippen molar-refractivity contribution in [2.45, 2.75) is 70.4 Å². The number of halogens is 1. The van der Waals surface area contributed by atoms with Gasteiger partial charge < -0.3 is 15.6 Å². The number of rotatable bonds is 9. The van der Waals surface area contributed by atoms with Gasteiger partial charge >= 0.3 is 0 Å². The van der Waals surface area contributed by atoms with Crippen LogP contribution in [0.1, 0.15) is 85.1 Å². The normalized spacial score (nSPS) is 19.3. The van der Waals surface area contributed by atoms with Crippen LogP contribution in [-0.4, -0.2) is 32.6 Å². The summed E-state index contributed by atoms with van der Waals surface area (Å²) in [5.74, 6) is -0.127. The van der Waals surface area contributed by atoms with E-state index in [1.54, 1.807) is 16.9 Å². The molecule has 0 aliphatic heterocycles. The van der Waals surface area contributed by atoms with Crippen molar-refractivity contribution >= 4 is 17.5 Å². The fourth-order valence-corrected chi connectivity index (χ4v) is 6.32. The average molecular weight is 532 g/mol. The standard InChI is InChI=1S/C30H34FN5O3/c1-16(2)36-25(11-12-33-36)29(38)35-27(26(17-3-4-17)18-5-6-18)30(39)34-21-8-10-22-19(13-21)7-9-23(22)24-14-20(31)15-32-28(24)37/h8,10-18,23,26-27H,3-7,9H2,1-2H3,(H,32,37)(H,34,39)(H,35,38)/t23?,27-/m0/s1. The summed E-state index contributed by atoms with van der Waals surface area (Å²) >= 11 is 0. The molecule has 2 saturated carbocycles. The molecular weight excluding hydrogens is 497 g/mol. The van der Waals surface area contributed by atoms with Crippen molar-refractivity contribution in [2.75, 3.05) is 5.32 Å². The monoisotopic (exact) mass is 531 g/mol. The maximum atomic E-state index is 13.8. The first kappa shape index (κ1) is 25.5. The van der Waals surface area contributed by atoms with Gasteiger partial charge in [0.05, 0.1) is 0 Å². The van der Waals surface area contributed by atoms with E-state index in [0.29, 0.717) is 35.2 Å². The lowest BCUT2D eigenvalue weighted by Gasteiger charge is -2.28. The number of carbonyl (C=O) groups excluding carboxylic acids is 2. The quantitative estimate of drug-likeness (QED) is 0.377. The van der Waals surface area contributed by atoms with Crippen LogP contribution in [0.2, 0.25) is 0 Å². The first-order valence-electron chi connectivity index (χ1n) is 14.0. The van der Waals surface area contributed by atoms with Crippen molar-refractivity contribution < 1.29 is 14.0 Å². The Hall–Kier alpha value is -3.75. The molecule has 6 rings (SSSR count). The number of benzene rings is 1. The van der Waals surface area contributed by atoms with Gasteiger partial charge in [-0.05, 0) is 106 Å². The Morgan fingerprint density at radius 1 is 1.05 bits per heavy atom. The molecule has 3 aliphatic carbocycles. The van der Waals surface area contributed by atoms with E-state index in [9.17, 15) is 18.8 Å². The molecule has 0 saturated heterocycles. The molecule has 1 unspecified atom stereocenters. The number of anilines is 1. The number of amides is 2. The summed E-state index contributed by atoms with van der Waals surface area (Å²) in [4.78, 5) is 42.0. The number of nitrogens with zero attached hydrogens (tertiary/aromatic N) is 2. The molecule has 0 spiro atoms. The number of nitrogens with one attached hydrogen (secondary N) is 3. The van der Waals surface area contributed by atoms with Gasteiger partial charge in [-0.25, -0.2) is 4.39 Å². The molecule has 3 aliphatic rings. The topological polar surface area (TPSA) is 109 Å². The van der Waals surface area contributed by atoms with Crippen LogP contribution in [0.15, 0.2) is 47.5 Å². The van der Waals surface area contributed by atoms with E-state index in [2.05, 4.69) is 20.7 Å². The average Bonchev–Trinajstić information content (AvgIpc) is 3.83. The molecule has 204 valence electrons. The molecule has 0 bridgehead atoms. The summed E-state index contributed by atoms with van der Waals surface area (Å²) in [5.41, 5.74) is 3.25. The number of carbonyl (C=O) groups is 2. The first-order chi connectivity index (χ1) is 18.8. The molecular formula is C30H34FN5O3. The Kier molecular flexibility index (Phi) is 6.61. The lowest BCUT2D eigenvalue weighted by Crippen LogP contribution is -2.50. The third kappa shape index (κ3) is 5.14. The summed E-state index contributed by atoms with van der Waals surface area (Å²) in [6.07, 6.45) is 8.46. The van der Waals surface area contributed by atoms with Crippen molar-refractivity contribution in [3.8, 4) is 0 Å². The van der Waals surface area contributed by atoms with Gasteiger partial charge in [0.15, 0.2) is 0 Å². The summed E-state index contributed by atoms with van der Waals surface area (Å²) < 4.78 is 15.5.